The Labute approximate surface area is 88.4 Å². The highest BCUT2D eigenvalue weighted by atomic mass is 28.3. The molecule has 0 saturated heterocycles. The number of methoxy groups -OCH3 is 1. The minimum atomic E-state index is -1.90. The molecule has 0 rings (SSSR count). The van der Waals surface area contributed by atoms with E-state index in [1.165, 1.54) is 0 Å². The Morgan fingerprint density at radius 1 is 1.36 bits per heavy atom. The fourth-order valence-electron chi connectivity index (χ4n) is 1.05. The predicted octanol–water partition coefficient (Wildman–Crippen LogP) is 2.73. The first kappa shape index (κ1) is 13.6. The van der Waals surface area contributed by atoms with Crippen LogP contribution in [0.1, 0.15) is 20.8 Å². The van der Waals surface area contributed by atoms with Gasteiger partial charge in [-0.1, -0.05) is 33.9 Å². The molecule has 14 heavy (non-hydrogen) atoms. The lowest BCUT2D eigenvalue weighted by Crippen LogP contribution is -2.52. The predicted molar refractivity (Wildman–Crippen MR) is 62.2 cm³/mol. The molecule has 0 heterocycles. The summed E-state index contributed by atoms with van der Waals surface area (Å²) in [5, 5.41) is 0.0894. The lowest BCUT2D eigenvalue weighted by Gasteiger charge is -2.37. The van der Waals surface area contributed by atoms with Crippen molar-refractivity contribution in [1.82, 2.24) is 4.90 Å². The van der Waals surface area contributed by atoms with Crippen molar-refractivity contribution in [3.63, 3.8) is 0 Å². The van der Waals surface area contributed by atoms with Crippen LogP contribution in [0.25, 0.3) is 0 Å². The third kappa shape index (κ3) is 2.82. The summed E-state index contributed by atoms with van der Waals surface area (Å²) in [5.41, 5.74) is 0.256. The van der Waals surface area contributed by atoms with Gasteiger partial charge in [-0.25, -0.2) is 0 Å². The fourth-order valence-corrected chi connectivity index (χ4v) is 2.71. The van der Waals surface area contributed by atoms with E-state index in [2.05, 4.69) is 33.9 Å². The van der Waals surface area contributed by atoms with Gasteiger partial charge in [-0.2, -0.15) is 0 Å². The number of nitrogens with zero attached hydrogens (tertiary/aromatic N) is 1. The van der Waals surface area contributed by atoms with E-state index in [1.54, 1.807) is 19.1 Å². The third-order valence-corrected chi connectivity index (χ3v) is 8.28. The summed E-state index contributed by atoms with van der Waals surface area (Å²) in [5.74, 6) is 0. The normalized spacial score (nSPS) is 12.8. The highest BCUT2D eigenvalue weighted by molar-refractivity contribution is 7.05. The molecule has 84 valence electrons. The van der Waals surface area contributed by atoms with Crippen molar-refractivity contribution in [3.05, 3.63) is 0 Å². The van der Waals surface area contributed by atoms with E-state index in [4.69, 9.17) is 4.74 Å². The molecule has 0 aliphatic heterocycles. The van der Waals surface area contributed by atoms with Crippen LogP contribution in [0.15, 0.2) is 0 Å². The number of hydrogen-bond acceptors (Lipinski definition) is 2. The van der Waals surface area contributed by atoms with Gasteiger partial charge >= 0.3 is 0 Å². The van der Waals surface area contributed by atoms with Crippen LogP contribution in [0.3, 0.4) is 0 Å². The zero-order valence-electron chi connectivity index (χ0n) is 10.5. The SMILES string of the molecule is COCN(C)C(=O)[Si](C)(C)C(C)(C)C. The molecule has 0 spiro atoms. The van der Waals surface area contributed by atoms with Gasteiger partial charge in [0.05, 0.1) is 0 Å². The number of ether oxygens (including phenoxy) is 1. The van der Waals surface area contributed by atoms with Gasteiger partial charge in [-0.3, -0.25) is 4.79 Å². The van der Waals surface area contributed by atoms with E-state index in [0.717, 1.165) is 0 Å². The lowest BCUT2D eigenvalue weighted by atomic mass is 10.2. The van der Waals surface area contributed by atoms with Crippen LogP contribution in [0.2, 0.25) is 18.1 Å². The molecule has 0 fully saturated rings. The smallest absolute Gasteiger partial charge is 0.196 e. The van der Waals surface area contributed by atoms with Crippen LogP contribution < -0.4 is 0 Å². The van der Waals surface area contributed by atoms with Crippen LogP contribution in [0, 0.1) is 0 Å². The standard InChI is InChI=1S/C10H23NO2Si/c1-10(2,3)14(6,7)9(12)11(4)8-13-5/h8H2,1-7H3. The molecule has 0 radical (unpaired) electrons. The third-order valence-electron chi connectivity index (χ3n) is 3.08. The molecule has 0 N–H and O–H groups in total. The maximum atomic E-state index is 12.1. The minimum Gasteiger partial charge on any atom is -0.364 e. The van der Waals surface area contributed by atoms with Crippen molar-refractivity contribution >= 4 is 13.6 Å². The molecule has 0 aromatic rings. The van der Waals surface area contributed by atoms with Crippen LogP contribution in [0.4, 0.5) is 4.79 Å². The van der Waals surface area contributed by atoms with Crippen LogP contribution in [-0.4, -0.2) is 39.4 Å². The van der Waals surface area contributed by atoms with Crippen molar-refractivity contribution in [2.45, 2.75) is 38.9 Å². The Kier molecular flexibility index (Phi) is 4.33. The van der Waals surface area contributed by atoms with Gasteiger partial charge in [0.15, 0.2) is 13.6 Å². The maximum absolute atomic E-state index is 12.1. The van der Waals surface area contributed by atoms with E-state index < -0.39 is 8.07 Å². The minimum absolute atomic E-state index is 0.0894. The number of carbonyl (C=O) groups is 1. The van der Waals surface area contributed by atoms with E-state index in [-0.39, 0.29) is 10.6 Å². The monoisotopic (exact) mass is 217 g/mol. The summed E-state index contributed by atoms with van der Waals surface area (Å²) in [4.78, 5) is 13.8. The highest BCUT2D eigenvalue weighted by Crippen LogP contribution is 2.37. The zero-order chi connectivity index (χ0) is 11.6. The van der Waals surface area contributed by atoms with Crippen molar-refractivity contribution in [1.29, 1.82) is 0 Å². The Bertz CT molecular complexity index is 209. The topological polar surface area (TPSA) is 29.5 Å². The fraction of sp³-hybridized carbons (Fsp3) is 0.900. The summed E-state index contributed by atoms with van der Waals surface area (Å²) in [7, 11) is 1.50. The van der Waals surface area contributed by atoms with Crippen LogP contribution in [0.5, 0.6) is 0 Å². The Morgan fingerprint density at radius 3 is 2.07 bits per heavy atom. The van der Waals surface area contributed by atoms with Crippen molar-refractivity contribution in [3.8, 4) is 0 Å². The molecule has 1 amide bonds. The second kappa shape index (κ2) is 4.44. The number of carbonyl (C=O) groups excluding carboxylic acids is 1. The average Bonchev–Trinajstić information content (AvgIpc) is 2.01. The molecule has 0 bridgehead atoms. The largest absolute Gasteiger partial charge is 0.364 e. The van der Waals surface area contributed by atoms with E-state index in [9.17, 15) is 4.79 Å². The van der Waals surface area contributed by atoms with Gasteiger partial charge in [0.25, 0.3) is 0 Å². The van der Waals surface area contributed by atoms with Gasteiger partial charge in [0.1, 0.15) is 6.73 Å². The highest BCUT2D eigenvalue weighted by Gasteiger charge is 2.43. The Hall–Kier alpha value is -0.353. The summed E-state index contributed by atoms with van der Waals surface area (Å²) < 4.78 is 4.96. The molecule has 0 atom stereocenters. The molecule has 0 aliphatic rings. The van der Waals surface area contributed by atoms with Crippen molar-refractivity contribution in [2.75, 3.05) is 20.9 Å². The first-order valence-electron chi connectivity index (χ1n) is 4.89. The van der Waals surface area contributed by atoms with Gasteiger partial charge < -0.3 is 9.64 Å². The first-order chi connectivity index (χ1) is 6.14. The average molecular weight is 217 g/mol. The molecular formula is C10H23NO2Si. The molecule has 4 heteroatoms. The second-order valence-corrected chi connectivity index (χ2v) is 10.5. The molecule has 3 nitrogen and oxygen atoms in total. The number of amides is 1. The summed E-state index contributed by atoms with van der Waals surface area (Å²) in [6.45, 7) is 11.0. The molecular weight excluding hydrogens is 194 g/mol. The van der Waals surface area contributed by atoms with E-state index in [0.29, 0.717) is 6.73 Å². The molecule has 0 aromatic carbocycles. The Morgan fingerprint density at radius 2 is 1.79 bits per heavy atom. The van der Waals surface area contributed by atoms with Crippen LogP contribution >= 0.6 is 0 Å². The Balaban J connectivity index is 4.67. The molecule has 0 aliphatic carbocycles. The molecule has 0 saturated carbocycles. The second-order valence-electron chi connectivity index (χ2n) is 5.30. The summed E-state index contributed by atoms with van der Waals surface area (Å²) in [6, 6.07) is 0. The van der Waals surface area contributed by atoms with Gasteiger partial charge in [-0.15, -0.1) is 0 Å². The molecule has 0 unspecified atom stereocenters. The first-order valence-corrected chi connectivity index (χ1v) is 7.89. The van der Waals surface area contributed by atoms with Gasteiger partial charge in [-0.05, 0) is 5.04 Å². The number of rotatable bonds is 3. The zero-order valence-corrected chi connectivity index (χ0v) is 11.5. The van der Waals surface area contributed by atoms with Crippen molar-refractivity contribution < 1.29 is 9.53 Å². The molecule has 0 aromatic heterocycles. The quantitative estimate of drug-likeness (QED) is 0.537. The van der Waals surface area contributed by atoms with Crippen molar-refractivity contribution in [2.24, 2.45) is 0 Å². The van der Waals surface area contributed by atoms with Gasteiger partial charge in [0, 0.05) is 14.2 Å². The summed E-state index contributed by atoms with van der Waals surface area (Å²) in [6.07, 6.45) is 0. The number of hydrogen-bond donors (Lipinski definition) is 0. The summed E-state index contributed by atoms with van der Waals surface area (Å²) >= 11 is 0. The van der Waals surface area contributed by atoms with E-state index >= 15 is 0 Å². The van der Waals surface area contributed by atoms with E-state index in [1.807, 2.05) is 0 Å². The maximum Gasteiger partial charge on any atom is 0.196 e. The van der Waals surface area contributed by atoms with Gasteiger partial charge in [0.2, 0.25) is 0 Å². The van der Waals surface area contributed by atoms with Crippen LogP contribution in [-0.2, 0) is 4.74 Å². The lowest BCUT2D eigenvalue weighted by molar-refractivity contribution is 0.106.